The fourth-order valence-corrected chi connectivity index (χ4v) is 3.17. The molecule has 0 radical (unpaired) electrons. The van der Waals surface area contributed by atoms with Crippen LogP contribution in [0.3, 0.4) is 0 Å². The van der Waals surface area contributed by atoms with Gasteiger partial charge in [0.25, 0.3) is 0 Å². The van der Waals surface area contributed by atoms with Gasteiger partial charge in [0.15, 0.2) is 5.65 Å². The van der Waals surface area contributed by atoms with E-state index in [4.69, 9.17) is 5.11 Å². The molecule has 1 aliphatic rings. The molecule has 3 aromatic rings. The molecule has 0 amide bonds. The van der Waals surface area contributed by atoms with Gasteiger partial charge in [-0.05, 0) is 42.3 Å². The minimum absolute atomic E-state index is 0.177. The summed E-state index contributed by atoms with van der Waals surface area (Å²) in [7, 11) is 0. The molecule has 6 nitrogen and oxygen atoms in total. The number of fused-ring (bicyclic) bond motifs is 1. The Kier molecular flexibility index (Phi) is 3.57. The first-order chi connectivity index (χ1) is 11.7. The van der Waals surface area contributed by atoms with Crippen molar-refractivity contribution in [3.05, 3.63) is 60.0 Å². The number of anilines is 1. The number of nitrogens with zero attached hydrogens (tertiary/aromatic N) is 4. The standard InChI is InChI=1S/C18H16N4O2/c23-18(24)15-9-13-1-2-16(21-17(13)20-10-15)22-8-5-14(11-22)12-3-6-19-7-4-12/h1-4,6-7,9-10,14H,5,8,11H2,(H,23,24). The summed E-state index contributed by atoms with van der Waals surface area (Å²) in [6.07, 6.45) is 6.09. The largest absolute Gasteiger partial charge is 0.478 e. The van der Waals surface area contributed by atoms with Gasteiger partial charge in [-0.3, -0.25) is 4.98 Å². The Labute approximate surface area is 138 Å². The lowest BCUT2D eigenvalue weighted by Gasteiger charge is -2.18. The molecule has 120 valence electrons. The first-order valence-corrected chi connectivity index (χ1v) is 7.86. The lowest BCUT2D eigenvalue weighted by Crippen LogP contribution is -2.20. The Morgan fingerprint density at radius 2 is 2.04 bits per heavy atom. The van der Waals surface area contributed by atoms with Crippen molar-refractivity contribution in [1.82, 2.24) is 15.0 Å². The van der Waals surface area contributed by atoms with Crippen molar-refractivity contribution in [2.75, 3.05) is 18.0 Å². The zero-order valence-electron chi connectivity index (χ0n) is 13.0. The quantitative estimate of drug-likeness (QED) is 0.799. The zero-order valence-corrected chi connectivity index (χ0v) is 13.0. The lowest BCUT2D eigenvalue weighted by atomic mass is 10.00. The summed E-state index contributed by atoms with van der Waals surface area (Å²) in [4.78, 5) is 26.1. The van der Waals surface area contributed by atoms with Gasteiger partial charge in [-0.15, -0.1) is 0 Å². The molecule has 1 fully saturated rings. The number of hydrogen-bond acceptors (Lipinski definition) is 5. The number of carbonyl (C=O) groups is 1. The molecule has 1 atom stereocenters. The number of aromatic nitrogens is 3. The van der Waals surface area contributed by atoms with E-state index in [1.807, 2.05) is 24.5 Å². The Balaban J connectivity index is 1.58. The van der Waals surface area contributed by atoms with Crippen LogP contribution < -0.4 is 4.90 Å². The molecule has 1 unspecified atom stereocenters. The molecule has 6 heteroatoms. The monoisotopic (exact) mass is 320 g/mol. The van der Waals surface area contributed by atoms with Crippen LogP contribution in [0, 0.1) is 0 Å². The minimum Gasteiger partial charge on any atom is -0.478 e. The molecule has 0 aromatic carbocycles. The lowest BCUT2D eigenvalue weighted by molar-refractivity contribution is 0.0696. The molecule has 3 aromatic heterocycles. The molecular weight excluding hydrogens is 304 g/mol. The Bertz CT molecular complexity index is 898. The fraction of sp³-hybridized carbons (Fsp3) is 0.222. The van der Waals surface area contributed by atoms with Gasteiger partial charge in [-0.25, -0.2) is 14.8 Å². The van der Waals surface area contributed by atoms with E-state index in [-0.39, 0.29) is 5.56 Å². The van der Waals surface area contributed by atoms with E-state index in [2.05, 4.69) is 32.0 Å². The Morgan fingerprint density at radius 3 is 2.83 bits per heavy atom. The minimum atomic E-state index is -0.979. The van der Waals surface area contributed by atoms with E-state index in [9.17, 15) is 4.79 Å². The van der Waals surface area contributed by atoms with Crippen LogP contribution in [0.4, 0.5) is 5.82 Å². The van der Waals surface area contributed by atoms with E-state index in [1.54, 1.807) is 6.07 Å². The number of pyridine rings is 3. The summed E-state index contributed by atoms with van der Waals surface area (Å²) in [5, 5.41) is 9.78. The maximum absolute atomic E-state index is 11.0. The highest BCUT2D eigenvalue weighted by molar-refractivity contribution is 5.91. The SMILES string of the molecule is O=C(O)c1cnc2nc(N3CCC(c4ccncc4)C3)ccc2c1. The third-order valence-electron chi connectivity index (χ3n) is 4.46. The van der Waals surface area contributed by atoms with Gasteiger partial charge in [-0.2, -0.15) is 0 Å². The van der Waals surface area contributed by atoms with Gasteiger partial charge >= 0.3 is 5.97 Å². The van der Waals surface area contributed by atoms with Crippen molar-refractivity contribution in [2.45, 2.75) is 12.3 Å². The number of hydrogen-bond donors (Lipinski definition) is 1. The number of aromatic carboxylic acids is 1. The second-order valence-corrected chi connectivity index (χ2v) is 5.96. The summed E-state index contributed by atoms with van der Waals surface area (Å²) in [5.41, 5.74) is 2.05. The van der Waals surface area contributed by atoms with Crippen LogP contribution in [0.1, 0.15) is 28.3 Å². The zero-order chi connectivity index (χ0) is 16.5. The van der Waals surface area contributed by atoms with E-state index in [0.717, 1.165) is 30.7 Å². The highest BCUT2D eigenvalue weighted by Crippen LogP contribution is 2.30. The fourth-order valence-electron chi connectivity index (χ4n) is 3.17. The van der Waals surface area contributed by atoms with Gasteiger partial charge in [-0.1, -0.05) is 0 Å². The molecule has 1 saturated heterocycles. The highest BCUT2D eigenvalue weighted by Gasteiger charge is 2.25. The maximum Gasteiger partial charge on any atom is 0.337 e. The molecule has 24 heavy (non-hydrogen) atoms. The van der Waals surface area contributed by atoms with Crippen molar-refractivity contribution in [2.24, 2.45) is 0 Å². The van der Waals surface area contributed by atoms with Crippen LogP contribution in [0.2, 0.25) is 0 Å². The van der Waals surface area contributed by atoms with Crippen LogP contribution in [-0.2, 0) is 0 Å². The van der Waals surface area contributed by atoms with Crippen LogP contribution in [0.15, 0.2) is 48.9 Å². The first kappa shape index (κ1) is 14.6. The second kappa shape index (κ2) is 5.88. The van der Waals surface area contributed by atoms with Crippen molar-refractivity contribution in [3.63, 3.8) is 0 Å². The van der Waals surface area contributed by atoms with E-state index in [0.29, 0.717) is 11.6 Å². The normalized spacial score (nSPS) is 17.3. The molecule has 4 heterocycles. The molecule has 0 saturated carbocycles. The van der Waals surface area contributed by atoms with Crippen molar-refractivity contribution >= 4 is 22.8 Å². The van der Waals surface area contributed by atoms with E-state index < -0.39 is 5.97 Å². The predicted octanol–water partition coefficient (Wildman–Crippen LogP) is 2.72. The molecular formula is C18H16N4O2. The summed E-state index contributed by atoms with van der Waals surface area (Å²) in [6, 6.07) is 9.56. The average molecular weight is 320 g/mol. The number of rotatable bonds is 3. The van der Waals surface area contributed by atoms with Gasteiger partial charge in [0.05, 0.1) is 5.56 Å². The van der Waals surface area contributed by atoms with Crippen LogP contribution in [0.5, 0.6) is 0 Å². The van der Waals surface area contributed by atoms with Crippen LogP contribution >= 0.6 is 0 Å². The molecule has 1 aliphatic heterocycles. The third-order valence-corrected chi connectivity index (χ3v) is 4.46. The highest BCUT2D eigenvalue weighted by atomic mass is 16.4. The van der Waals surface area contributed by atoms with E-state index in [1.165, 1.54) is 11.8 Å². The van der Waals surface area contributed by atoms with Gasteiger partial charge < -0.3 is 10.0 Å². The van der Waals surface area contributed by atoms with Crippen molar-refractivity contribution in [3.8, 4) is 0 Å². The molecule has 1 N–H and O–H groups in total. The van der Waals surface area contributed by atoms with Gasteiger partial charge in [0, 0.05) is 43.0 Å². The third kappa shape index (κ3) is 2.67. The maximum atomic E-state index is 11.0. The smallest absolute Gasteiger partial charge is 0.337 e. The first-order valence-electron chi connectivity index (χ1n) is 7.86. The van der Waals surface area contributed by atoms with E-state index >= 15 is 0 Å². The topological polar surface area (TPSA) is 79.2 Å². The number of carboxylic acid groups (broad SMARTS) is 1. The molecule has 4 rings (SSSR count). The van der Waals surface area contributed by atoms with Crippen molar-refractivity contribution < 1.29 is 9.90 Å². The Morgan fingerprint density at radius 1 is 1.21 bits per heavy atom. The molecule has 0 bridgehead atoms. The average Bonchev–Trinajstić information content (AvgIpc) is 3.11. The summed E-state index contributed by atoms with van der Waals surface area (Å²) < 4.78 is 0. The van der Waals surface area contributed by atoms with Gasteiger partial charge in [0.1, 0.15) is 5.82 Å². The van der Waals surface area contributed by atoms with Crippen LogP contribution in [0.25, 0.3) is 11.0 Å². The van der Waals surface area contributed by atoms with Crippen LogP contribution in [-0.4, -0.2) is 39.1 Å². The molecule has 0 aliphatic carbocycles. The Hall–Kier alpha value is -3.02. The predicted molar refractivity (Wildman–Crippen MR) is 90.3 cm³/mol. The molecule has 0 spiro atoms. The van der Waals surface area contributed by atoms with Crippen molar-refractivity contribution in [1.29, 1.82) is 0 Å². The second-order valence-electron chi connectivity index (χ2n) is 5.96. The van der Waals surface area contributed by atoms with Gasteiger partial charge in [0.2, 0.25) is 0 Å². The number of carboxylic acids is 1. The summed E-state index contributed by atoms with van der Waals surface area (Å²) >= 11 is 0. The summed E-state index contributed by atoms with van der Waals surface area (Å²) in [6.45, 7) is 1.86. The summed E-state index contributed by atoms with van der Waals surface area (Å²) in [5.74, 6) is 0.385.